The monoisotopic (exact) mass is 296 g/mol. The zero-order valence-corrected chi connectivity index (χ0v) is 7.80. The van der Waals surface area contributed by atoms with Crippen molar-refractivity contribution in [2.45, 2.75) is 24.1 Å². The molecular weight excluding hydrogens is 294 g/mol. The van der Waals surface area contributed by atoms with Gasteiger partial charge in [0, 0.05) is 0 Å². The molecule has 0 aliphatic rings. The Morgan fingerprint density at radius 2 is 1.28 bits per heavy atom. The maximum atomic E-state index is 12.2. The van der Waals surface area contributed by atoms with Crippen molar-refractivity contribution in [3.05, 3.63) is 0 Å². The van der Waals surface area contributed by atoms with Crippen molar-refractivity contribution in [3.8, 4) is 0 Å². The molecule has 0 aromatic heterocycles. The summed E-state index contributed by atoms with van der Waals surface area (Å²) >= 11 is 0. The van der Waals surface area contributed by atoms with Gasteiger partial charge in [-0.25, -0.2) is 0 Å². The zero-order valence-electron chi connectivity index (χ0n) is 7.80. The number of alkyl halides is 9. The molecule has 0 saturated carbocycles. The molecular formula is C6H2F10O2. The van der Waals surface area contributed by atoms with Crippen LogP contribution in [0.1, 0.15) is 0 Å². The third kappa shape index (κ3) is 3.23. The lowest BCUT2D eigenvalue weighted by atomic mass is 10.3. The average Bonchev–Trinajstić information content (AvgIpc) is 2.12. The van der Waals surface area contributed by atoms with E-state index in [1.54, 1.807) is 0 Å². The van der Waals surface area contributed by atoms with E-state index in [9.17, 15) is 48.7 Å². The summed E-state index contributed by atoms with van der Waals surface area (Å²) in [6.07, 6.45) is -13.2. The van der Waals surface area contributed by atoms with Crippen molar-refractivity contribution in [3.63, 3.8) is 0 Å². The van der Waals surface area contributed by atoms with E-state index in [1.165, 1.54) is 0 Å². The molecule has 0 aliphatic carbocycles. The molecule has 0 fully saturated rings. The highest BCUT2D eigenvalue weighted by Crippen LogP contribution is 2.47. The number of hydrogen-bond donors (Lipinski definition) is 0. The summed E-state index contributed by atoms with van der Waals surface area (Å²) in [5, 5.41) is 0. The first-order valence-electron chi connectivity index (χ1n) is 3.69. The van der Waals surface area contributed by atoms with E-state index in [0.717, 1.165) is 0 Å². The molecule has 0 amide bonds. The maximum absolute atomic E-state index is 12.2. The Labute approximate surface area is 91.5 Å². The predicted octanol–water partition coefficient (Wildman–Crippen LogP) is 2.92. The largest absolute Gasteiger partial charge is 0.462 e. The van der Waals surface area contributed by atoms with Crippen molar-refractivity contribution >= 4 is 6.04 Å². The standard InChI is InChI=1S/C6H2F10O2/c7-2(17)3(8,9)1-18-6(15,16)4(10,11)5(12,13)14/h1H2. The summed E-state index contributed by atoms with van der Waals surface area (Å²) < 4.78 is 121. The van der Waals surface area contributed by atoms with Gasteiger partial charge >= 0.3 is 30.2 Å². The molecule has 0 N–H and O–H groups in total. The minimum atomic E-state index is -6.79. The van der Waals surface area contributed by atoms with Crippen LogP contribution in [0.2, 0.25) is 0 Å². The van der Waals surface area contributed by atoms with Gasteiger partial charge in [-0.05, 0) is 0 Å². The van der Waals surface area contributed by atoms with Crippen LogP contribution in [0.5, 0.6) is 0 Å². The SMILES string of the molecule is O=C(F)C(F)(F)COC(F)(F)C(F)(F)C(F)(F)F. The average molecular weight is 296 g/mol. The number of carbonyl (C=O) groups excluding carboxylic acids is 1. The molecule has 0 aromatic rings. The van der Waals surface area contributed by atoms with E-state index in [0.29, 0.717) is 0 Å². The van der Waals surface area contributed by atoms with Crippen LogP contribution in [-0.2, 0) is 9.53 Å². The molecule has 0 radical (unpaired) electrons. The molecule has 0 bridgehead atoms. The van der Waals surface area contributed by atoms with Gasteiger partial charge in [-0.2, -0.15) is 43.9 Å². The summed E-state index contributed by atoms with van der Waals surface area (Å²) in [5.74, 6) is -12.0. The Morgan fingerprint density at radius 3 is 1.56 bits per heavy atom. The smallest absolute Gasteiger partial charge is 0.308 e. The highest BCUT2D eigenvalue weighted by Gasteiger charge is 2.75. The molecule has 108 valence electrons. The van der Waals surface area contributed by atoms with Gasteiger partial charge in [0.2, 0.25) is 0 Å². The molecule has 18 heavy (non-hydrogen) atoms. The summed E-state index contributed by atoms with van der Waals surface area (Å²) in [5.41, 5.74) is 0. The van der Waals surface area contributed by atoms with Crippen LogP contribution < -0.4 is 0 Å². The Morgan fingerprint density at radius 1 is 0.889 bits per heavy atom. The molecule has 0 heterocycles. The van der Waals surface area contributed by atoms with Crippen LogP contribution in [-0.4, -0.2) is 36.8 Å². The summed E-state index contributed by atoms with van der Waals surface area (Å²) in [7, 11) is 0. The van der Waals surface area contributed by atoms with Gasteiger partial charge in [0.05, 0.1) is 0 Å². The lowest BCUT2D eigenvalue weighted by Crippen LogP contribution is -2.54. The van der Waals surface area contributed by atoms with Crippen molar-refractivity contribution < 1.29 is 53.4 Å². The Bertz CT molecular complexity index is 319. The van der Waals surface area contributed by atoms with E-state index in [2.05, 4.69) is 4.74 Å². The summed E-state index contributed by atoms with van der Waals surface area (Å²) in [6, 6.07) is -3.52. The predicted molar refractivity (Wildman–Crippen MR) is 33.0 cm³/mol. The van der Waals surface area contributed by atoms with Gasteiger partial charge < -0.3 is 4.74 Å². The minimum Gasteiger partial charge on any atom is -0.308 e. The van der Waals surface area contributed by atoms with E-state index < -0.39 is 36.8 Å². The summed E-state index contributed by atoms with van der Waals surface area (Å²) in [4.78, 5) is 9.48. The quantitative estimate of drug-likeness (QED) is 0.576. The second-order valence-corrected chi connectivity index (χ2v) is 2.86. The Balaban J connectivity index is 4.94. The molecule has 12 heteroatoms. The second-order valence-electron chi connectivity index (χ2n) is 2.86. The normalized spacial score (nSPS) is 14.8. The molecule has 0 unspecified atom stereocenters. The fourth-order valence-corrected chi connectivity index (χ4v) is 0.494. The molecule has 0 saturated heterocycles. The topological polar surface area (TPSA) is 26.3 Å². The van der Waals surface area contributed by atoms with Gasteiger partial charge in [0.15, 0.2) is 0 Å². The van der Waals surface area contributed by atoms with Gasteiger partial charge in [0.25, 0.3) is 0 Å². The van der Waals surface area contributed by atoms with Gasteiger partial charge in [-0.3, -0.25) is 4.79 Å². The van der Waals surface area contributed by atoms with Crippen molar-refractivity contribution in [1.82, 2.24) is 0 Å². The number of ether oxygens (including phenoxy) is 1. The van der Waals surface area contributed by atoms with Crippen LogP contribution in [0, 0.1) is 0 Å². The maximum Gasteiger partial charge on any atom is 0.462 e. The van der Waals surface area contributed by atoms with Gasteiger partial charge in [-0.15, -0.1) is 0 Å². The fourth-order valence-electron chi connectivity index (χ4n) is 0.494. The van der Waals surface area contributed by atoms with Crippen LogP contribution in [0.15, 0.2) is 0 Å². The number of carbonyl (C=O) groups is 1. The highest BCUT2D eigenvalue weighted by molar-refractivity contribution is 5.76. The molecule has 2 nitrogen and oxygen atoms in total. The lowest BCUT2D eigenvalue weighted by Gasteiger charge is -2.28. The molecule has 0 atom stereocenters. The third-order valence-electron chi connectivity index (χ3n) is 1.44. The Kier molecular flexibility index (Phi) is 4.28. The highest BCUT2D eigenvalue weighted by atomic mass is 19.4. The second kappa shape index (κ2) is 4.55. The van der Waals surface area contributed by atoms with Crippen LogP contribution in [0.25, 0.3) is 0 Å². The first kappa shape index (κ1) is 16.9. The summed E-state index contributed by atoms with van der Waals surface area (Å²) in [6.45, 7) is -2.97. The van der Waals surface area contributed by atoms with Gasteiger partial charge in [0.1, 0.15) is 6.61 Å². The first-order valence-corrected chi connectivity index (χ1v) is 3.69. The molecule has 0 rings (SSSR count). The first-order chi connectivity index (χ1) is 7.65. The van der Waals surface area contributed by atoms with E-state index >= 15 is 0 Å². The minimum absolute atomic E-state index is 2.33. The van der Waals surface area contributed by atoms with Crippen LogP contribution >= 0.6 is 0 Å². The molecule has 0 aliphatic heterocycles. The number of rotatable bonds is 5. The molecule has 0 aromatic carbocycles. The van der Waals surface area contributed by atoms with E-state index in [1.807, 2.05) is 0 Å². The van der Waals surface area contributed by atoms with Gasteiger partial charge in [-0.1, -0.05) is 0 Å². The van der Waals surface area contributed by atoms with E-state index in [4.69, 9.17) is 0 Å². The Hall–Kier alpha value is -1.07. The van der Waals surface area contributed by atoms with Crippen molar-refractivity contribution in [2.75, 3.05) is 6.61 Å². The zero-order chi connectivity index (χ0) is 15.0. The van der Waals surface area contributed by atoms with Crippen LogP contribution in [0.3, 0.4) is 0 Å². The van der Waals surface area contributed by atoms with E-state index in [-0.39, 0.29) is 0 Å². The van der Waals surface area contributed by atoms with Crippen molar-refractivity contribution in [2.24, 2.45) is 0 Å². The fraction of sp³-hybridized carbons (Fsp3) is 0.833. The van der Waals surface area contributed by atoms with Crippen molar-refractivity contribution in [1.29, 1.82) is 0 Å². The number of halogens is 10. The third-order valence-corrected chi connectivity index (χ3v) is 1.44. The van der Waals surface area contributed by atoms with Crippen LogP contribution in [0.4, 0.5) is 43.9 Å². The molecule has 0 spiro atoms. The number of hydrogen-bond acceptors (Lipinski definition) is 2. The lowest BCUT2D eigenvalue weighted by molar-refractivity contribution is -0.428.